The fraction of sp³-hybridized carbons (Fsp3) is 0.467. The number of carboxylic acid groups (broad SMARTS) is 1. The van der Waals surface area contributed by atoms with E-state index in [1.807, 2.05) is 13.0 Å². The summed E-state index contributed by atoms with van der Waals surface area (Å²) in [5.41, 5.74) is 1.18. The summed E-state index contributed by atoms with van der Waals surface area (Å²) < 4.78 is 5.37. The van der Waals surface area contributed by atoms with Crippen LogP contribution < -0.4 is 5.32 Å². The van der Waals surface area contributed by atoms with Gasteiger partial charge >= 0.3 is 5.97 Å². The zero-order valence-corrected chi connectivity index (χ0v) is 11.5. The van der Waals surface area contributed by atoms with E-state index in [1.165, 1.54) is 0 Å². The van der Waals surface area contributed by atoms with E-state index in [2.05, 4.69) is 5.32 Å². The van der Waals surface area contributed by atoms with Crippen LogP contribution in [0.3, 0.4) is 0 Å². The third-order valence-corrected chi connectivity index (χ3v) is 3.34. The van der Waals surface area contributed by atoms with E-state index in [0.717, 1.165) is 12.0 Å². The molecule has 1 aliphatic rings. The van der Waals surface area contributed by atoms with Crippen molar-refractivity contribution in [2.45, 2.75) is 25.9 Å². The van der Waals surface area contributed by atoms with E-state index in [0.29, 0.717) is 19.6 Å². The Hall–Kier alpha value is -1.88. The number of amides is 1. The maximum Gasteiger partial charge on any atom is 0.335 e. The van der Waals surface area contributed by atoms with Gasteiger partial charge in [0.2, 0.25) is 5.91 Å². The molecule has 108 valence electrons. The smallest absolute Gasteiger partial charge is 0.335 e. The Bertz CT molecular complexity index is 500. The standard InChI is InChI=1S/C15H19NO4/c1-2-20-13-9-12(13)14(17)16-7-6-10-4-3-5-11(8-10)15(18)19/h3-5,8,12-13H,2,6-7,9H2,1H3,(H,16,17)(H,18,19). The zero-order valence-electron chi connectivity index (χ0n) is 11.5. The zero-order chi connectivity index (χ0) is 14.5. The second-order valence-corrected chi connectivity index (χ2v) is 4.88. The van der Waals surface area contributed by atoms with Gasteiger partial charge in [0.05, 0.1) is 17.6 Å². The minimum absolute atomic E-state index is 0.0136. The van der Waals surface area contributed by atoms with Crippen LogP contribution in [-0.4, -0.2) is 36.2 Å². The molecule has 1 aliphatic carbocycles. The molecule has 1 amide bonds. The van der Waals surface area contributed by atoms with Gasteiger partial charge in [-0.25, -0.2) is 4.79 Å². The van der Waals surface area contributed by atoms with Crippen LogP contribution in [0, 0.1) is 5.92 Å². The highest BCUT2D eigenvalue weighted by Crippen LogP contribution is 2.33. The predicted molar refractivity (Wildman–Crippen MR) is 73.6 cm³/mol. The lowest BCUT2D eigenvalue weighted by molar-refractivity contribution is -0.123. The van der Waals surface area contributed by atoms with E-state index in [4.69, 9.17) is 9.84 Å². The average Bonchev–Trinajstić information content (AvgIpc) is 3.19. The molecule has 1 saturated carbocycles. The molecule has 2 unspecified atom stereocenters. The summed E-state index contributed by atoms with van der Waals surface area (Å²) in [6, 6.07) is 6.77. The Kier molecular flexibility index (Phi) is 4.74. The second kappa shape index (κ2) is 6.52. The number of aromatic carboxylic acids is 1. The molecule has 20 heavy (non-hydrogen) atoms. The minimum atomic E-state index is -0.937. The molecular weight excluding hydrogens is 258 g/mol. The molecule has 0 radical (unpaired) electrons. The fourth-order valence-electron chi connectivity index (χ4n) is 2.17. The molecule has 0 heterocycles. The summed E-state index contributed by atoms with van der Waals surface area (Å²) >= 11 is 0. The van der Waals surface area contributed by atoms with E-state index >= 15 is 0 Å². The molecule has 5 heteroatoms. The predicted octanol–water partition coefficient (Wildman–Crippen LogP) is 1.47. The first-order chi connectivity index (χ1) is 9.61. The topological polar surface area (TPSA) is 75.6 Å². The Balaban J connectivity index is 1.75. The molecule has 2 N–H and O–H groups in total. The molecule has 5 nitrogen and oxygen atoms in total. The van der Waals surface area contributed by atoms with E-state index in [1.54, 1.807) is 18.2 Å². The summed E-state index contributed by atoms with van der Waals surface area (Å²) in [7, 11) is 0. The van der Waals surface area contributed by atoms with Crippen molar-refractivity contribution in [2.75, 3.05) is 13.2 Å². The van der Waals surface area contributed by atoms with Crippen molar-refractivity contribution in [1.29, 1.82) is 0 Å². The monoisotopic (exact) mass is 277 g/mol. The maximum absolute atomic E-state index is 11.8. The van der Waals surface area contributed by atoms with Gasteiger partial charge < -0.3 is 15.2 Å². The number of hydrogen-bond acceptors (Lipinski definition) is 3. The Morgan fingerprint density at radius 2 is 2.25 bits per heavy atom. The van der Waals surface area contributed by atoms with Gasteiger partial charge in [-0.2, -0.15) is 0 Å². The molecule has 0 saturated heterocycles. The number of benzene rings is 1. The largest absolute Gasteiger partial charge is 0.478 e. The molecule has 1 aromatic rings. The molecule has 0 spiro atoms. The highest BCUT2D eigenvalue weighted by molar-refractivity contribution is 5.87. The Labute approximate surface area is 117 Å². The van der Waals surface area contributed by atoms with Crippen molar-refractivity contribution in [3.05, 3.63) is 35.4 Å². The number of rotatable bonds is 7. The number of carboxylic acids is 1. The number of ether oxygens (including phenoxy) is 1. The normalized spacial score (nSPS) is 20.4. The lowest BCUT2D eigenvalue weighted by atomic mass is 10.1. The molecule has 1 fully saturated rings. The average molecular weight is 277 g/mol. The van der Waals surface area contributed by atoms with Crippen molar-refractivity contribution in [3.8, 4) is 0 Å². The molecule has 0 aromatic heterocycles. The quantitative estimate of drug-likeness (QED) is 0.791. The number of hydrogen-bond donors (Lipinski definition) is 2. The molecule has 0 bridgehead atoms. The van der Waals surface area contributed by atoms with Crippen molar-refractivity contribution < 1.29 is 19.4 Å². The number of carbonyl (C=O) groups excluding carboxylic acids is 1. The van der Waals surface area contributed by atoms with Gasteiger partial charge in [-0.3, -0.25) is 4.79 Å². The summed E-state index contributed by atoms with van der Waals surface area (Å²) in [4.78, 5) is 22.6. The van der Waals surface area contributed by atoms with Gasteiger partial charge in [0.1, 0.15) is 0 Å². The SMILES string of the molecule is CCOC1CC1C(=O)NCCc1cccc(C(=O)O)c1. The maximum atomic E-state index is 11.8. The fourth-order valence-corrected chi connectivity index (χ4v) is 2.17. The molecule has 2 atom stereocenters. The minimum Gasteiger partial charge on any atom is -0.478 e. The highest BCUT2D eigenvalue weighted by atomic mass is 16.5. The van der Waals surface area contributed by atoms with Crippen LogP contribution in [-0.2, 0) is 16.0 Å². The van der Waals surface area contributed by atoms with Crippen LogP contribution in [0.4, 0.5) is 0 Å². The van der Waals surface area contributed by atoms with Crippen molar-refractivity contribution in [2.24, 2.45) is 5.92 Å². The number of carbonyl (C=O) groups is 2. The third kappa shape index (κ3) is 3.81. The summed E-state index contributed by atoms with van der Waals surface area (Å²) in [6.45, 7) is 3.07. The Morgan fingerprint density at radius 3 is 2.95 bits per heavy atom. The summed E-state index contributed by atoms with van der Waals surface area (Å²) in [5, 5.41) is 11.8. The number of nitrogens with one attached hydrogen (secondary N) is 1. The van der Waals surface area contributed by atoms with Gasteiger partial charge in [-0.05, 0) is 37.5 Å². The summed E-state index contributed by atoms with van der Waals surface area (Å²) in [6.07, 6.45) is 1.50. The first kappa shape index (κ1) is 14.5. The lowest BCUT2D eigenvalue weighted by Crippen LogP contribution is -2.28. The molecule has 1 aromatic carbocycles. The third-order valence-electron chi connectivity index (χ3n) is 3.34. The van der Waals surface area contributed by atoms with Crippen molar-refractivity contribution in [1.82, 2.24) is 5.32 Å². The van der Waals surface area contributed by atoms with Crippen LogP contribution >= 0.6 is 0 Å². The second-order valence-electron chi connectivity index (χ2n) is 4.88. The lowest BCUT2D eigenvalue weighted by Gasteiger charge is -2.06. The van der Waals surface area contributed by atoms with E-state index in [9.17, 15) is 9.59 Å². The molecular formula is C15H19NO4. The van der Waals surface area contributed by atoms with Crippen LogP contribution in [0.2, 0.25) is 0 Å². The van der Waals surface area contributed by atoms with Crippen molar-refractivity contribution >= 4 is 11.9 Å². The van der Waals surface area contributed by atoms with Gasteiger partial charge in [0.25, 0.3) is 0 Å². The van der Waals surface area contributed by atoms with Gasteiger partial charge in [0.15, 0.2) is 0 Å². The highest BCUT2D eigenvalue weighted by Gasteiger charge is 2.43. The van der Waals surface area contributed by atoms with E-state index < -0.39 is 5.97 Å². The van der Waals surface area contributed by atoms with E-state index in [-0.39, 0.29) is 23.5 Å². The van der Waals surface area contributed by atoms with Crippen LogP contribution in [0.5, 0.6) is 0 Å². The van der Waals surface area contributed by atoms with Crippen LogP contribution in [0.1, 0.15) is 29.3 Å². The molecule has 2 rings (SSSR count). The molecule has 0 aliphatic heterocycles. The van der Waals surface area contributed by atoms with Crippen LogP contribution in [0.15, 0.2) is 24.3 Å². The van der Waals surface area contributed by atoms with Crippen LogP contribution in [0.25, 0.3) is 0 Å². The Morgan fingerprint density at radius 1 is 1.45 bits per heavy atom. The van der Waals surface area contributed by atoms with Gasteiger partial charge in [0, 0.05) is 13.2 Å². The first-order valence-corrected chi connectivity index (χ1v) is 6.83. The van der Waals surface area contributed by atoms with Gasteiger partial charge in [-0.15, -0.1) is 0 Å². The van der Waals surface area contributed by atoms with Gasteiger partial charge in [-0.1, -0.05) is 12.1 Å². The van der Waals surface area contributed by atoms with Crippen molar-refractivity contribution in [3.63, 3.8) is 0 Å². The first-order valence-electron chi connectivity index (χ1n) is 6.83. The summed E-state index contributed by atoms with van der Waals surface area (Å²) in [5.74, 6) is -0.924.